The van der Waals surface area contributed by atoms with Crippen molar-refractivity contribution in [2.45, 2.75) is 9.79 Å². The molecule has 0 radical (unpaired) electrons. The van der Waals surface area contributed by atoms with Crippen LogP contribution in [-0.4, -0.2) is 28.3 Å². The summed E-state index contributed by atoms with van der Waals surface area (Å²) < 4.78 is 53.0. The average molecular weight is 427 g/mol. The van der Waals surface area contributed by atoms with E-state index >= 15 is 0 Å². The fraction of sp³-hybridized carbons (Fsp3) is 0.0769. The first-order chi connectivity index (χ1) is 11.5. The van der Waals surface area contributed by atoms with Crippen LogP contribution >= 0.6 is 23.2 Å². The van der Waals surface area contributed by atoms with Crippen molar-refractivity contribution in [3.05, 3.63) is 40.4 Å². The minimum atomic E-state index is -4.37. The first-order valence-corrected chi connectivity index (χ1v) is 10.5. The summed E-state index contributed by atoms with van der Waals surface area (Å²) in [5, 5.41) is 9.14. The van der Waals surface area contributed by atoms with E-state index in [-0.39, 0.29) is 15.7 Å². The Labute approximate surface area is 154 Å². The van der Waals surface area contributed by atoms with Gasteiger partial charge in [-0.2, -0.15) is 0 Å². The van der Waals surface area contributed by atoms with Gasteiger partial charge in [0.05, 0.1) is 10.7 Å². The maximum atomic E-state index is 12.0. The normalized spacial score (nSPS) is 12.2. The number of nitrogens with one attached hydrogen (secondary N) is 1. The van der Waals surface area contributed by atoms with Crippen LogP contribution in [0.15, 0.2) is 40.1 Å². The van der Waals surface area contributed by atoms with Crippen molar-refractivity contribution in [1.82, 2.24) is 4.89 Å². The van der Waals surface area contributed by atoms with Crippen LogP contribution in [-0.2, 0) is 19.9 Å². The lowest BCUT2D eigenvalue weighted by molar-refractivity contribution is 0.242. The number of hydrogen-bond acceptors (Lipinski definition) is 7. The SMILES string of the molecule is CS(=O)(=O)c1ccc(S(=O)(=O)NO)c(N)c1Oc1ccc(Cl)cc1Cl. The van der Waals surface area contributed by atoms with Crippen molar-refractivity contribution in [1.29, 1.82) is 0 Å². The summed E-state index contributed by atoms with van der Waals surface area (Å²) in [6.07, 6.45) is 0.899. The lowest BCUT2D eigenvalue weighted by Gasteiger charge is -2.16. The Morgan fingerprint density at radius 2 is 1.68 bits per heavy atom. The summed E-state index contributed by atoms with van der Waals surface area (Å²) >= 11 is 11.8. The number of nitrogen functional groups attached to an aromatic ring is 1. The summed E-state index contributed by atoms with van der Waals surface area (Å²) in [4.78, 5) is 0.189. The second-order valence-corrected chi connectivity index (χ2v) is 9.31. The first-order valence-electron chi connectivity index (χ1n) is 6.38. The van der Waals surface area contributed by atoms with Crippen LogP contribution in [0.3, 0.4) is 0 Å². The number of benzene rings is 2. The predicted octanol–water partition coefficient (Wildman–Crippen LogP) is 2.44. The number of sulfonamides is 1. The van der Waals surface area contributed by atoms with Gasteiger partial charge in [-0.3, -0.25) is 0 Å². The van der Waals surface area contributed by atoms with Crippen molar-refractivity contribution in [3.63, 3.8) is 0 Å². The van der Waals surface area contributed by atoms with Gasteiger partial charge in [-0.05, 0) is 30.3 Å². The molecule has 136 valence electrons. The molecule has 4 N–H and O–H groups in total. The highest BCUT2D eigenvalue weighted by atomic mass is 35.5. The highest BCUT2D eigenvalue weighted by Crippen LogP contribution is 2.40. The maximum Gasteiger partial charge on any atom is 0.264 e. The van der Waals surface area contributed by atoms with Crippen molar-refractivity contribution in [3.8, 4) is 11.5 Å². The molecule has 0 saturated carbocycles. The van der Waals surface area contributed by atoms with E-state index in [1.807, 2.05) is 0 Å². The van der Waals surface area contributed by atoms with Gasteiger partial charge in [0.2, 0.25) is 0 Å². The van der Waals surface area contributed by atoms with Crippen molar-refractivity contribution in [2.24, 2.45) is 0 Å². The van der Waals surface area contributed by atoms with Crippen LogP contribution < -0.4 is 15.4 Å². The van der Waals surface area contributed by atoms with Crippen molar-refractivity contribution < 1.29 is 26.8 Å². The minimum Gasteiger partial charge on any atom is -0.452 e. The highest BCUT2D eigenvalue weighted by Gasteiger charge is 2.26. The van der Waals surface area contributed by atoms with Crippen LogP contribution in [0, 0.1) is 0 Å². The van der Waals surface area contributed by atoms with Crippen LogP contribution in [0.25, 0.3) is 0 Å². The predicted molar refractivity (Wildman–Crippen MR) is 92.6 cm³/mol. The highest BCUT2D eigenvalue weighted by molar-refractivity contribution is 7.91. The molecule has 0 spiro atoms. The molecule has 0 unspecified atom stereocenters. The van der Waals surface area contributed by atoms with Crippen LogP contribution in [0.2, 0.25) is 10.0 Å². The van der Waals surface area contributed by atoms with E-state index < -0.39 is 36.2 Å². The Balaban J connectivity index is 2.74. The van der Waals surface area contributed by atoms with Crippen molar-refractivity contribution in [2.75, 3.05) is 12.0 Å². The maximum absolute atomic E-state index is 12.0. The zero-order chi connectivity index (χ0) is 19.0. The molecule has 0 fully saturated rings. The molecule has 2 aromatic rings. The van der Waals surface area contributed by atoms with Gasteiger partial charge >= 0.3 is 0 Å². The Bertz CT molecular complexity index is 1040. The van der Waals surface area contributed by atoms with Gasteiger partial charge in [0.25, 0.3) is 10.0 Å². The standard InChI is InChI=1S/C13H12Cl2N2O6S2/c1-24(19,20)11-5-4-10(25(21,22)17-18)12(16)13(11)23-9-3-2-7(14)6-8(9)15/h2-6,17-18H,16H2,1H3. The zero-order valence-corrected chi connectivity index (χ0v) is 15.7. The van der Waals surface area contributed by atoms with E-state index in [2.05, 4.69) is 0 Å². The fourth-order valence-electron chi connectivity index (χ4n) is 1.91. The number of hydrogen-bond donors (Lipinski definition) is 3. The third kappa shape index (κ3) is 4.17. The summed E-state index contributed by atoms with van der Waals surface area (Å²) in [6, 6.07) is 6.08. The molecule has 0 aliphatic heterocycles. The Morgan fingerprint density at radius 1 is 1.08 bits per heavy atom. The average Bonchev–Trinajstić information content (AvgIpc) is 2.50. The smallest absolute Gasteiger partial charge is 0.264 e. The number of sulfone groups is 1. The van der Waals surface area contributed by atoms with Crippen LogP contribution in [0.1, 0.15) is 0 Å². The number of halogens is 2. The van der Waals surface area contributed by atoms with Gasteiger partial charge in [-0.1, -0.05) is 28.1 Å². The molecule has 0 bridgehead atoms. The molecule has 8 nitrogen and oxygen atoms in total. The molecular weight excluding hydrogens is 415 g/mol. The minimum absolute atomic E-state index is 0.00849. The summed E-state index contributed by atoms with van der Waals surface area (Å²) in [5.41, 5.74) is 5.26. The Morgan fingerprint density at radius 3 is 2.20 bits per heavy atom. The van der Waals surface area contributed by atoms with Crippen LogP contribution in [0.4, 0.5) is 5.69 Å². The summed E-state index contributed by atoms with van der Waals surface area (Å²) in [6.45, 7) is 0. The van der Waals surface area contributed by atoms with Gasteiger partial charge in [0.15, 0.2) is 15.6 Å². The van der Waals surface area contributed by atoms with Crippen LogP contribution in [0.5, 0.6) is 11.5 Å². The molecule has 2 rings (SSSR count). The van der Waals surface area contributed by atoms with E-state index in [9.17, 15) is 16.8 Å². The van der Waals surface area contributed by atoms with Gasteiger partial charge in [0.1, 0.15) is 15.5 Å². The fourth-order valence-corrected chi connectivity index (χ4v) is 3.89. The molecule has 0 aliphatic rings. The lowest BCUT2D eigenvalue weighted by Crippen LogP contribution is -2.21. The van der Waals surface area contributed by atoms with Gasteiger partial charge < -0.3 is 15.7 Å². The van der Waals surface area contributed by atoms with E-state index in [1.165, 1.54) is 18.2 Å². The number of anilines is 1. The van der Waals surface area contributed by atoms with E-state index in [4.69, 9.17) is 38.9 Å². The number of rotatable bonds is 5. The summed E-state index contributed by atoms with van der Waals surface area (Å²) in [7, 11) is -8.19. The molecule has 0 atom stereocenters. The second-order valence-electron chi connectivity index (χ2n) is 4.85. The Kier molecular flexibility index (Phi) is 5.52. The quantitative estimate of drug-likeness (QED) is 0.493. The largest absolute Gasteiger partial charge is 0.452 e. The third-order valence-electron chi connectivity index (χ3n) is 3.04. The molecule has 12 heteroatoms. The molecule has 25 heavy (non-hydrogen) atoms. The van der Waals surface area contributed by atoms with E-state index in [1.54, 1.807) is 0 Å². The molecule has 2 aromatic carbocycles. The topological polar surface area (TPSA) is 136 Å². The van der Waals surface area contributed by atoms with E-state index in [0.717, 1.165) is 23.3 Å². The monoisotopic (exact) mass is 426 g/mol. The molecule has 0 amide bonds. The molecule has 0 aliphatic carbocycles. The molecule has 0 heterocycles. The van der Waals surface area contributed by atoms with Gasteiger partial charge in [-0.15, -0.1) is 0 Å². The second kappa shape index (κ2) is 6.98. The first kappa shape index (κ1) is 19.8. The lowest BCUT2D eigenvalue weighted by atomic mass is 10.3. The number of nitrogens with two attached hydrogens (primary N) is 1. The Hall–Kier alpha value is -1.56. The van der Waals surface area contributed by atoms with Crippen molar-refractivity contribution >= 4 is 48.7 Å². The van der Waals surface area contributed by atoms with Gasteiger partial charge in [0, 0.05) is 11.3 Å². The summed E-state index contributed by atoms with van der Waals surface area (Å²) in [5.74, 6) is -0.433. The third-order valence-corrected chi connectivity index (χ3v) is 5.86. The van der Waals surface area contributed by atoms with Gasteiger partial charge in [-0.25, -0.2) is 16.8 Å². The molecule has 0 aromatic heterocycles. The molecule has 0 saturated heterocycles. The zero-order valence-electron chi connectivity index (χ0n) is 12.5. The molecular formula is C13H12Cl2N2O6S2. The number of ether oxygens (including phenoxy) is 1. The van der Waals surface area contributed by atoms with E-state index in [0.29, 0.717) is 5.02 Å².